The Bertz CT molecular complexity index is 394. The molecule has 2 rings (SSSR count). The number of carbonyl (C=O) groups excluding carboxylic acids is 1. The van der Waals surface area contributed by atoms with Crippen molar-refractivity contribution >= 4 is 17.4 Å². The van der Waals surface area contributed by atoms with E-state index in [0.717, 1.165) is 13.0 Å². The summed E-state index contributed by atoms with van der Waals surface area (Å²) in [5, 5.41) is 0.320. The third-order valence-corrected chi connectivity index (χ3v) is 3.33. The molecule has 92 valence electrons. The number of hydrogen-bond donors (Lipinski definition) is 0. The maximum atomic E-state index is 13.5. The largest absolute Gasteiger partial charge is 0.381 e. The maximum absolute atomic E-state index is 13.5. The van der Waals surface area contributed by atoms with Crippen LogP contribution < -0.4 is 0 Å². The molecule has 17 heavy (non-hydrogen) atoms. The minimum Gasteiger partial charge on any atom is -0.381 e. The monoisotopic (exact) mass is 256 g/mol. The number of Topliss-reactive ketones (excluding diaryl/α,β-unsaturated/α-hetero) is 1. The van der Waals surface area contributed by atoms with Gasteiger partial charge in [0.15, 0.2) is 0 Å². The summed E-state index contributed by atoms with van der Waals surface area (Å²) < 4.78 is 18.7. The highest BCUT2D eigenvalue weighted by molar-refractivity contribution is 6.31. The van der Waals surface area contributed by atoms with Crippen LogP contribution in [0.5, 0.6) is 0 Å². The predicted molar refractivity (Wildman–Crippen MR) is 63.7 cm³/mol. The molecule has 1 aromatic carbocycles. The van der Waals surface area contributed by atoms with Crippen molar-refractivity contribution in [2.45, 2.75) is 19.3 Å². The van der Waals surface area contributed by atoms with Crippen molar-refractivity contribution < 1.29 is 13.9 Å². The van der Waals surface area contributed by atoms with Gasteiger partial charge in [-0.2, -0.15) is 0 Å². The number of rotatable bonds is 4. The molecule has 1 aromatic rings. The van der Waals surface area contributed by atoms with E-state index in [4.69, 9.17) is 16.3 Å². The molecule has 1 heterocycles. The highest BCUT2D eigenvalue weighted by atomic mass is 35.5. The maximum Gasteiger partial charge on any atom is 0.137 e. The van der Waals surface area contributed by atoms with Crippen molar-refractivity contribution in [1.82, 2.24) is 0 Å². The Kier molecular flexibility index (Phi) is 4.13. The molecule has 2 nitrogen and oxygen atoms in total. The van der Waals surface area contributed by atoms with Crippen LogP contribution in [0, 0.1) is 11.7 Å². The van der Waals surface area contributed by atoms with E-state index in [-0.39, 0.29) is 18.1 Å². The van der Waals surface area contributed by atoms with Crippen LogP contribution in [0.2, 0.25) is 5.02 Å². The first kappa shape index (κ1) is 12.5. The SMILES string of the molecule is O=C(Cc1c(F)cccc1Cl)CC1CCOC1. The van der Waals surface area contributed by atoms with Crippen molar-refractivity contribution in [3.63, 3.8) is 0 Å². The lowest BCUT2D eigenvalue weighted by atomic mass is 9.98. The Hall–Kier alpha value is -0.930. The van der Waals surface area contributed by atoms with Crippen molar-refractivity contribution in [3.8, 4) is 0 Å². The number of carbonyl (C=O) groups is 1. The van der Waals surface area contributed by atoms with E-state index in [2.05, 4.69) is 0 Å². The van der Waals surface area contributed by atoms with Gasteiger partial charge in [0.05, 0.1) is 0 Å². The molecule has 1 unspecified atom stereocenters. The van der Waals surface area contributed by atoms with Crippen molar-refractivity contribution in [2.24, 2.45) is 5.92 Å². The van der Waals surface area contributed by atoms with Gasteiger partial charge < -0.3 is 4.74 Å². The Morgan fingerprint density at radius 3 is 3.00 bits per heavy atom. The number of benzene rings is 1. The molecule has 0 N–H and O–H groups in total. The molecule has 1 saturated heterocycles. The fourth-order valence-electron chi connectivity index (χ4n) is 2.04. The van der Waals surface area contributed by atoms with Crippen LogP contribution in [0.1, 0.15) is 18.4 Å². The van der Waals surface area contributed by atoms with Crippen LogP contribution in [0.15, 0.2) is 18.2 Å². The molecule has 0 amide bonds. The second kappa shape index (κ2) is 5.61. The number of hydrogen-bond acceptors (Lipinski definition) is 2. The Morgan fingerprint density at radius 2 is 2.35 bits per heavy atom. The predicted octanol–water partition coefficient (Wildman–Crippen LogP) is 3.02. The summed E-state index contributed by atoms with van der Waals surface area (Å²) in [6, 6.07) is 4.47. The summed E-state index contributed by atoms with van der Waals surface area (Å²) >= 11 is 5.87. The molecule has 1 atom stereocenters. The summed E-state index contributed by atoms with van der Waals surface area (Å²) in [5.41, 5.74) is 0.304. The summed E-state index contributed by atoms with van der Waals surface area (Å²) in [6.07, 6.45) is 1.43. The molecule has 1 aliphatic rings. The van der Waals surface area contributed by atoms with Gasteiger partial charge in [-0.3, -0.25) is 4.79 Å². The van der Waals surface area contributed by atoms with Crippen LogP contribution in [0.4, 0.5) is 4.39 Å². The first-order valence-corrected chi connectivity index (χ1v) is 6.07. The molecule has 0 aromatic heterocycles. The Balaban J connectivity index is 1.97. The highest BCUT2D eigenvalue weighted by Crippen LogP contribution is 2.22. The zero-order valence-corrected chi connectivity index (χ0v) is 10.2. The molecule has 0 aliphatic carbocycles. The summed E-state index contributed by atoms with van der Waals surface area (Å²) in [7, 11) is 0. The van der Waals surface area contributed by atoms with E-state index in [1.54, 1.807) is 6.07 Å². The van der Waals surface area contributed by atoms with Crippen LogP contribution in [0.3, 0.4) is 0 Å². The lowest BCUT2D eigenvalue weighted by Crippen LogP contribution is -2.11. The van der Waals surface area contributed by atoms with E-state index in [0.29, 0.717) is 23.6 Å². The van der Waals surface area contributed by atoms with Gasteiger partial charge in [0.1, 0.15) is 11.6 Å². The van der Waals surface area contributed by atoms with Crippen LogP contribution in [0.25, 0.3) is 0 Å². The third kappa shape index (κ3) is 3.27. The topological polar surface area (TPSA) is 26.3 Å². The summed E-state index contributed by atoms with van der Waals surface area (Å²) in [6.45, 7) is 1.36. The second-order valence-corrected chi connectivity index (χ2v) is 4.76. The minimum absolute atomic E-state index is 0.0208. The van der Waals surface area contributed by atoms with E-state index in [1.165, 1.54) is 12.1 Å². The second-order valence-electron chi connectivity index (χ2n) is 4.35. The molecule has 0 bridgehead atoms. The van der Waals surface area contributed by atoms with Gasteiger partial charge >= 0.3 is 0 Å². The van der Waals surface area contributed by atoms with Gasteiger partial charge in [-0.25, -0.2) is 4.39 Å². The summed E-state index contributed by atoms with van der Waals surface area (Å²) in [5.74, 6) is -0.103. The Morgan fingerprint density at radius 1 is 1.53 bits per heavy atom. The van der Waals surface area contributed by atoms with Gasteiger partial charge in [0.2, 0.25) is 0 Å². The zero-order valence-electron chi connectivity index (χ0n) is 9.42. The van der Waals surface area contributed by atoms with Gasteiger partial charge in [-0.05, 0) is 24.5 Å². The fraction of sp³-hybridized carbons (Fsp3) is 0.462. The molecule has 0 saturated carbocycles. The average Bonchev–Trinajstić information content (AvgIpc) is 2.76. The van der Waals surface area contributed by atoms with E-state index in [9.17, 15) is 9.18 Å². The fourth-order valence-corrected chi connectivity index (χ4v) is 2.27. The van der Waals surface area contributed by atoms with Crippen molar-refractivity contribution in [2.75, 3.05) is 13.2 Å². The van der Waals surface area contributed by atoms with Gasteiger partial charge in [-0.1, -0.05) is 17.7 Å². The van der Waals surface area contributed by atoms with E-state index in [1.807, 2.05) is 0 Å². The summed E-state index contributed by atoms with van der Waals surface area (Å²) in [4.78, 5) is 11.8. The molecular formula is C13H14ClFO2. The smallest absolute Gasteiger partial charge is 0.137 e. The minimum atomic E-state index is -0.409. The lowest BCUT2D eigenvalue weighted by molar-refractivity contribution is -0.119. The third-order valence-electron chi connectivity index (χ3n) is 2.98. The molecule has 0 spiro atoms. The molecule has 4 heteroatoms. The number of halogens is 2. The van der Waals surface area contributed by atoms with Crippen LogP contribution >= 0.6 is 11.6 Å². The highest BCUT2D eigenvalue weighted by Gasteiger charge is 2.20. The van der Waals surface area contributed by atoms with Gasteiger partial charge in [0, 0.05) is 36.6 Å². The standard InChI is InChI=1S/C13H14ClFO2/c14-12-2-1-3-13(15)11(12)7-10(16)6-9-4-5-17-8-9/h1-3,9H,4-8H2. The van der Waals surface area contributed by atoms with Gasteiger partial charge in [0.25, 0.3) is 0 Å². The number of ether oxygens (including phenoxy) is 1. The zero-order chi connectivity index (χ0) is 12.3. The van der Waals surface area contributed by atoms with Crippen LogP contribution in [-0.2, 0) is 16.0 Å². The van der Waals surface area contributed by atoms with E-state index >= 15 is 0 Å². The molecule has 1 aliphatic heterocycles. The Labute approximate surface area is 105 Å². The lowest BCUT2D eigenvalue weighted by Gasteiger charge is -2.08. The quantitative estimate of drug-likeness (QED) is 0.828. The first-order valence-electron chi connectivity index (χ1n) is 5.69. The van der Waals surface area contributed by atoms with Gasteiger partial charge in [-0.15, -0.1) is 0 Å². The van der Waals surface area contributed by atoms with E-state index < -0.39 is 5.82 Å². The molecular weight excluding hydrogens is 243 g/mol. The first-order chi connectivity index (χ1) is 8.16. The van der Waals surface area contributed by atoms with Crippen molar-refractivity contribution in [3.05, 3.63) is 34.6 Å². The normalized spacial score (nSPS) is 19.5. The molecule has 0 radical (unpaired) electrons. The van der Waals surface area contributed by atoms with Crippen LogP contribution in [-0.4, -0.2) is 19.0 Å². The number of ketones is 1. The average molecular weight is 257 g/mol. The molecule has 1 fully saturated rings. The van der Waals surface area contributed by atoms with Crippen molar-refractivity contribution in [1.29, 1.82) is 0 Å².